The third-order valence-electron chi connectivity index (χ3n) is 9.83. The normalized spacial score (nSPS) is 41.3. The van der Waals surface area contributed by atoms with Crippen molar-refractivity contribution in [1.82, 2.24) is 10.2 Å². The van der Waals surface area contributed by atoms with Gasteiger partial charge in [0.15, 0.2) is 29.6 Å². The molecule has 0 aromatic heterocycles. The SMILES string of the molecule is C=C1C(=O)[C@H](C)C[C@](C)(OC)[C@H](O[C@@H]2O[C@H](C)C[C@H](N(C)C)[C@H]2OC(C)=O)[C@@H](C)C(=O)[C@@H](C)C(=O)O[C@H](CC)[C@@]2(C)OC(=O)N[C@H]12. The Balaban J connectivity index is 2.13. The number of ether oxygens (including phenoxy) is 6. The molecule has 1 amide bonds. The van der Waals surface area contributed by atoms with E-state index in [9.17, 15) is 24.0 Å². The number of cyclic esters (lactones) is 1. The number of nitrogens with one attached hydrogen (secondary N) is 1. The summed E-state index contributed by atoms with van der Waals surface area (Å²) < 4.78 is 36.1. The molecule has 260 valence electrons. The minimum absolute atomic E-state index is 0.0650. The number of hydrogen-bond acceptors (Lipinski definition) is 12. The van der Waals surface area contributed by atoms with E-state index in [0.29, 0.717) is 6.42 Å². The van der Waals surface area contributed by atoms with Crippen LogP contribution in [0.3, 0.4) is 0 Å². The maximum absolute atomic E-state index is 14.1. The van der Waals surface area contributed by atoms with Crippen LogP contribution in [0, 0.1) is 17.8 Å². The zero-order chi connectivity index (χ0) is 34.9. The molecule has 0 aromatic carbocycles. The number of Topliss-reactive ketones (excluding diaryl/α,β-unsaturated/α-hetero) is 2. The summed E-state index contributed by atoms with van der Waals surface area (Å²) in [5.74, 6) is -5.15. The molecule has 3 aliphatic rings. The molecule has 3 saturated heterocycles. The number of likely N-dealkylation sites (N-methyl/N-ethyl adjacent to an activating group) is 1. The van der Waals surface area contributed by atoms with Crippen molar-refractivity contribution in [2.45, 2.75) is 129 Å². The third kappa shape index (κ3) is 7.48. The summed E-state index contributed by atoms with van der Waals surface area (Å²) in [4.78, 5) is 68.2. The highest BCUT2D eigenvalue weighted by Crippen LogP contribution is 2.40. The molecule has 0 aliphatic carbocycles. The van der Waals surface area contributed by atoms with Gasteiger partial charge in [-0.25, -0.2) is 4.79 Å². The van der Waals surface area contributed by atoms with E-state index in [1.807, 2.05) is 25.9 Å². The van der Waals surface area contributed by atoms with Crippen LogP contribution in [0.15, 0.2) is 12.2 Å². The first-order chi connectivity index (χ1) is 21.3. The molecule has 3 heterocycles. The Bertz CT molecular complexity index is 1210. The maximum atomic E-state index is 14.1. The predicted octanol–water partition coefficient (Wildman–Crippen LogP) is 2.97. The smallest absolute Gasteiger partial charge is 0.408 e. The molecule has 0 unspecified atom stereocenters. The molecule has 0 saturated carbocycles. The Labute approximate surface area is 272 Å². The fraction of sp³-hybridized carbons (Fsp3) is 0.788. The largest absolute Gasteiger partial charge is 0.457 e. The van der Waals surface area contributed by atoms with Gasteiger partial charge in [0.25, 0.3) is 0 Å². The quantitative estimate of drug-likeness (QED) is 0.194. The van der Waals surface area contributed by atoms with Crippen molar-refractivity contribution in [1.29, 1.82) is 0 Å². The molecule has 13 nitrogen and oxygen atoms in total. The lowest BCUT2D eigenvalue weighted by atomic mass is 9.75. The molecular formula is C33H52N2O11. The number of rotatable bonds is 6. The number of esters is 2. The fourth-order valence-corrected chi connectivity index (χ4v) is 7.11. The van der Waals surface area contributed by atoms with Crippen molar-refractivity contribution in [3.8, 4) is 0 Å². The van der Waals surface area contributed by atoms with Crippen molar-refractivity contribution >= 4 is 29.6 Å². The summed E-state index contributed by atoms with van der Waals surface area (Å²) in [5, 5.41) is 2.66. The number of fused-ring (bicyclic) bond motifs is 1. The Morgan fingerprint density at radius 1 is 1.11 bits per heavy atom. The topological polar surface area (TPSA) is 156 Å². The summed E-state index contributed by atoms with van der Waals surface area (Å²) in [7, 11) is 5.18. The molecule has 13 heteroatoms. The Morgan fingerprint density at radius 3 is 2.28 bits per heavy atom. The number of ketones is 2. The predicted molar refractivity (Wildman–Crippen MR) is 166 cm³/mol. The van der Waals surface area contributed by atoms with Crippen molar-refractivity contribution in [3.63, 3.8) is 0 Å². The summed E-state index contributed by atoms with van der Waals surface area (Å²) in [5.41, 5.74) is -2.68. The van der Waals surface area contributed by atoms with E-state index in [1.54, 1.807) is 34.6 Å². The minimum atomic E-state index is -1.45. The first kappa shape index (κ1) is 37.6. The van der Waals surface area contributed by atoms with E-state index < -0.39 is 83.4 Å². The van der Waals surface area contributed by atoms with Crippen molar-refractivity contribution in [2.75, 3.05) is 21.2 Å². The van der Waals surface area contributed by atoms with Gasteiger partial charge in [-0.05, 0) is 61.1 Å². The summed E-state index contributed by atoms with van der Waals surface area (Å²) in [6.07, 6.45) is -4.23. The molecule has 0 aromatic rings. The van der Waals surface area contributed by atoms with Gasteiger partial charge in [-0.2, -0.15) is 0 Å². The Kier molecular flexibility index (Phi) is 11.8. The zero-order valence-electron chi connectivity index (χ0n) is 29.0. The lowest BCUT2D eigenvalue weighted by molar-refractivity contribution is -0.297. The average molecular weight is 653 g/mol. The molecule has 3 fully saturated rings. The second-order valence-corrected chi connectivity index (χ2v) is 13.6. The van der Waals surface area contributed by atoms with E-state index in [2.05, 4.69) is 11.9 Å². The van der Waals surface area contributed by atoms with Crippen molar-refractivity contribution in [3.05, 3.63) is 12.2 Å². The van der Waals surface area contributed by atoms with E-state index in [4.69, 9.17) is 28.4 Å². The number of alkyl carbamates (subject to hydrolysis) is 1. The summed E-state index contributed by atoms with van der Waals surface area (Å²) in [6, 6.07) is -1.26. The second-order valence-electron chi connectivity index (χ2n) is 13.6. The van der Waals surface area contributed by atoms with Crippen LogP contribution in [0.2, 0.25) is 0 Å². The number of nitrogens with zero attached hydrogens (tertiary/aromatic N) is 1. The monoisotopic (exact) mass is 652 g/mol. The molecule has 0 radical (unpaired) electrons. The van der Waals surface area contributed by atoms with Crippen LogP contribution in [0.4, 0.5) is 4.79 Å². The molecule has 0 bridgehead atoms. The van der Waals surface area contributed by atoms with Crippen LogP contribution in [-0.4, -0.2) is 110 Å². The van der Waals surface area contributed by atoms with Crippen LogP contribution < -0.4 is 5.32 Å². The second kappa shape index (κ2) is 14.5. The van der Waals surface area contributed by atoms with Crippen molar-refractivity contribution < 1.29 is 52.4 Å². The van der Waals surface area contributed by atoms with Gasteiger partial charge in [-0.1, -0.05) is 27.4 Å². The third-order valence-corrected chi connectivity index (χ3v) is 9.83. The molecule has 46 heavy (non-hydrogen) atoms. The highest BCUT2D eigenvalue weighted by atomic mass is 16.7. The van der Waals surface area contributed by atoms with Crippen LogP contribution in [-0.2, 0) is 47.6 Å². The average Bonchev–Trinajstić information content (AvgIpc) is 3.30. The van der Waals surface area contributed by atoms with Crippen LogP contribution in [0.25, 0.3) is 0 Å². The molecule has 3 rings (SSSR count). The zero-order valence-corrected chi connectivity index (χ0v) is 29.0. The molecule has 12 atom stereocenters. The molecular weight excluding hydrogens is 600 g/mol. The van der Waals surface area contributed by atoms with Gasteiger partial charge in [0.1, 0.15) is 18.1 Å². The summed E-state index contributed by atoms with van der Waals surface area (Å²) in [6.45, 7) is 17.0. The minimum Gasteiger partial charge on any atom is -0.457 e. The molecule has 0 spiro atoms. The highest BCUT2D eigenvalue weighted by Gasteiger charge is 2.56. The molecule has 3 aliphatic heterocycles. The number of carbonyl (C=O) groups excluding carboxylic acids is 5. The van der Waals surface area contributed by atoms with Gasteiger partial charge in [0.05, 0.1) is 23.9 Å². The number of amides is 1. The van der Waals surface area contributed by atoms with Gasteiger partial charge < -0.3 is 38.6 Å². The number of methoxy groups -OCH3 is 1. The Hall–Kier alpha value is -2.87. The van der Waals surface area contributed by atoms with E-state index in [-0.39, 0.29) is 36.3 Å². The van der Waals surface area contributed by atoms with Gasteiger partial charge in [-0.3, -0.25) is 19.2 Å². The van der Waals surface area contributed by atoms with Gasteiger partial charge in [-0.15, -0.1) is 0 Å². The number of hydrogen-bond donors (Lipinski definition) is 1. The van der Waals surface area contributed by atoms with Gasteiger partial charge in [0, 0.05) is 31.4 Å². The summed E-state index contributed by atoms with van der Waals surface area (Å²) >= 11 is 0. The van der Waals surface area contributed by atoms with Gasteiger partial charge in [0.2, 0.25) is 0 Å². The Morgan fingerprint density at radius 2 is 1.74 bits per heavy atom. The highest BCUT2D eigenvalue weighted by molar-refractivity contribution is 6.00. The standard InChI is InChI=1S/C33H52N2O11/c1-13-23-33(9)27(34-31(40)46-33)18(4)24(37)16(2)15-32(8,41-12)28(19(5)25(38)20(6)29(39)44-23)45-30-26(43-21(7)36)22(35(10)11)14-17(3)42-30/h16-17,19-20,22-23,26-28,30H,4,13-15H2,1-3,5-12H3,(H,34,40)/t16-,17-,19+,20-,22+,23-,26-,27-,28-,30+,32+,33-/m1/s1. The van der Waals surface area contributed by atoms with Crippen molar-refractivity contribution in [2.24, 2.45) is 17.8 Å². The van der Waals surface area contributed by atoms with E-state index in [0.717, 1.165) is 0 Å². The first-order valence-electron chi connectivity index (χ1n) is 16.0. The number of carbonyl (C=O) groups is 5. The maximum Gasteiger partial charge on any atom is 0.408 e. The first-order valence-corrected chi connectivity index (χ1v) is 16.0. The van der Waals surface area contributed by atoms with E-state index >= 15 is 0 Å². The van der Waals surface area contributed by atoms with E-state index in [1.165, 1.54) is 21.0 Å². The van der Waals surface area contributed by atoms with Crippen LogP contribution >= 0.6 is 0 Å². The molecule has 1 N–H and O–H groups in total. The lowest BCUT2D eigenvalue weighted by Gasteiger charge is -2.47. The van der Waals surface area contributed by atoms with Gasteiger partial charge >= 0.3 is 18.0 Å². The lowest BCUT2D eigenvalue weighted by Crippen LogP contribution is -2.60. The van der Waals surface area contributed by atoms with Crippen LogP contribution in [0.1, 0.15) is 74.7 Å². The van der Waals surface area contributed by atoms with Crippen LogP contribution in [0.5, 0.6) is 0 Å². The fourth-order valence-electron chi connectivity index (χ4n) is 7.11.